The first-order valence-corrected chi connectivity index (χ1v) is 8.15. The smallest absolute Gasteiger partial charge is 0.179 e. The summed E-state index contributed by atoms with van der Waals surface area (Å²) in [5, 5.41) is 4.67. The van der Waals surface area contributed by atoms with Gasteiger partial charge in [0.15, 0.2) is 10.4 Å². The minimum absolute atomic E-state index is 0.0507. The number of fused-ring (bicyclic) bond motifs is 1. The van der Waals surface area contributed by atoms with E-state index in [4.69, 9.17) is 12.2 Å². The van der Waals surface area contributed by atoms with Gasteiger partial charge in [-0.25, -0.2) is 0 Å². The highest BCUT2D eigenvalue weighted by Crippen LogP contribution is 2.35. The van der Waals surface area contributed by atoms with Crippen LogP contribution in [-0.2, 0) is 19.0 Å². The monoisotopic (exact) mass is 308 g/mol. The normalized spacial score (nSPS) is 13.3. The van der Waals surface area contributed by atoms with Crippen LogP contribution in [0, 0.1) is 10.2 Å². The Morgan fingerprint density at radius 2 is 1.81 bits per heavy atom. The van der Waals surface area contributed by atoms with Crippen molar-refractivity contribution >= 4 is 23.4 Å². The van der Waals surface area contributed by atoms with Gasteiger partial charge in [0.1, 0.15) is 5.52 Å². The Hall–Kier alpha value is -1.10. The first-order valence-electron chi connectivity index (χ1n) is 7.74. The standard InChI is InChI=1S/C16H28N4S/c1-8-9-11-12-13(19(7)18-11)20(14(21)17-12)16(5,6)10-15(2,3)4/h8-10H2,1-7H3,(H,17,21). The molecule has 1 N–H and O–H groups in total. The summed E-state index contributed by atoms with van der Waals surface area (Å²) in [6.45, 7) is 13.5. The van der Waals surface area contributed by atoms with E-state index in [9.17, 15) is 0 Å². The van der Waals surface area contributed by atoms with Gasteiger partial charge in [-0.05, 0) is 44.3 Å². The number of aromatic amines is 1. The number of aryl methyl sites for hydroxylation is 2. The zero-order valence-corrected chi connectivity index (χ0v) is 15.2. The lowest BCUT2D eigenvalue weighted by Crippen LogP contribution is -2.32. The molecule has 5 heteroatoms. The molecule has 0 spiro atoms. The van der Waals surface area contributed by atoms with Crippen molar-refractivity contribution in [3.05, 3.63) is 10.5 Å². The average Bonchev–Trinajstić information content (AvgIpc) is 2.75. The molecule has 0 aliphatic carbocycles. The number of imidazole rings is 1. The van der Waals surface area contributed by atoms with Gasteiger partial charge in [-0.1, -0.05) is 34.1 Å². The molecule has 0 aromatic carbocycles. The number of nitrogens with one attached hydrogen (secondary N) is 1. The fourth-order valence-electron chi connectivity index (χ4n) is 3.56. The van der Waals surface area contributed by atoms with E-state index in [-0.39, 0.29) is 11.0 Å². The van der Waals surface area contributed by atoms with Gasteiger partial charge in [0.25, 0.3) is 0 Å². The van der Waals surface area contributed by atoms with Crippen LogP contribution in [0.4, 0.5) is 0 Å². The number of H-pyrrole nitrogens is 1. The molecule has 2 heterocycles. The van der Waals surface area contributed by atoms with Crippen molar-refractivity contribution in [1.29, 1.82) is 0 Å². The number of rotatable bonds is 4. The molecule has 0 aliphatic rings. The van der Waals surface area contributed by atoms with Crippen LogP contribution in [0.3, 0.4) is 0 Å². The second-order valence-corrected chi connectivity index (χ2v) is 8.22. The highest BCUT2D eigenvalue weighted by molar-refractivity contribution is 7.71. The van der Waals surface area contributed by atoms with E-state index in [2.05, 4.69) is 56.2 Å². The Bertz CT molecular complexity index is 694. The Balaban J connectivity index is 2.64. The third-order valence-electron chi connectivity index (χ3n) is 3.79. The second-order valence-electron chi connectivity index (χ2n) is 7.83. The van der Waals surface area contributed by atoms with Crippen LogP contribution in [0.25, 0.3) is 11.2 Å². The van der Waals surface area contributed by atoms with E-state index in [1.54, 1.807) is 0 Å². The molecule has 118 valence electrons. The predicted octanol–water partition coefficient (Wildman–Crippen LogP) is 4.56. The molecule has 0 saturated heterocycles. The maximum absolute atomic E-state index is 5.61. The minimum Gasteiger partial charge on any atom is -0.328 e. The molecule has 4 nitrogen and oxygen atoms in total. The zero-order chi connectivity index (χ0) is 16.0. The molecule has 0 atom stereocenters. The van der Waals surface area contributed by atoms with E-state index in [0.717, 1.165) is 40.9 Å². The first-order chi connectivity index (χ1) is 9.57. The van der Waals surface area contributed by atoms with Crippen LogP contribution in [0.15, 0.2) is 0 Å². The SMILES string of the molecule is CCCc1nn(C)c2c1[nH]c(=S)n2C(C)(C)CC(C)(C)C. The van der Waals surface area contributed by atoms with E-state index in [0.29, 0.717) is 0 Å². The van der Waals surface area contributed by atoms with E-state index in [1.165, 1.54) is 0 Å². The average molecular weight is 308 g/mol. The third kappa shape index (κ3) is 3.07. The Labute approximate surface area is 132 Å². The lowest BCUT2D eigenvalue weighted by Gasteiger charge is -2.34. The summed E-state index contributed by atoms with van der Waals surface area (Å²) in [5.74, 6) is 0. The van der Waals surface area contributed by atoms with Crippen LogP contribution < -0.4 is 0 Å². The fourth-order valence-corrected chi connectivity index (χ4v) is 4.00. The summed E-state index contributed by atoms with van der Waals surface area (Å²) in [4.78, 5) is 3.39. The molecule has 2 aromatic heterocycles. The van der Waals surface area contributed by atoms with Crippen LogP contribution in [-0.4, -0.2) is 19.3 Å². The van der Waals surface area contributed by atoms with E-state index < -0.39 is 0 Å². The summed E-state index contributed by atoms with van der Waals surface area (Å²) < 4.78 is 5.01. The minimum atomic E-state index is -0.0507. The highest BCUT2D eigenvalue weighted by Gasteiger charge is 2.31. The van der Waals surface area contributed by atoms with Gasteiger partial charge >= 0.3 is 0 Å². The van der Waals surface area contributed by atoms with Gasteiger partial charge in [-0.15, -0.1) is 0 Å². The summed E-state index contributed by atoms with van der Waals surface area (Å²) in [5.41, 5.74) is 3.52. The number of aromatic nitrogens is 4. The largest absolute Gasteiger partial charge is 0.328 e. The third-order valence-corrected chi connectivity index (χ3v) is 4.08. The predicted molar refractivity (Wildman–Crippen MR) is 91.3 cm³/mol. The highest BCUT2D eigenvalue weighted by atomic mass is 32.1. The fraction of sp³-hybridized carbons (Fsp3) is 0.750. The van der Waals surface area contributed by atoms with Gasteiger partial charge in [0, 0.05) is 12.6 Å². The van der Waals surface area contributed by atoms with Crippen molar-refractivity contribution in [2.45, 2.75) is 66.3 Å². The number of hydrogen-bond acceptors (Lipinski definition) is 2. The van der Waals surface area contributed by atoms with Crippen molar-refractivity contribution in [2.24, 2.45) is 12.5 Å². The van der Waals surface area contributed by atoms with Crippen molar-refractivity contribution in [3.63, 3.8) is 0 Å². The van der Waals surface area contributed by atoms with Gasteiger partial charge in [-0.3, -0.25) is 9.25 Å². The molecule has 0 fully saturated rings. The summed E-state index contributed by atoms with van der Waals surface area (Å²) in [7, 11) is 2.01. The Kier molecular flexibility index (Phi) is 4.08. The van der Waals surface area contributed by atoms with Gasteiger partial charge in [0.05, 0.1) is 5.69 Å². The molecule has 0 amide bonds. The van der Waals surface area contributed by atoms with Crippen LogP contribution in [0.2, 0.25) is 0 Å². The van der Waals surface area contributed by atoms with Crippen molar-refractivity contribution in [2.75, 3.05) is 0 Å². The van der Waals surface area contributed by atoms with Crippen molar-refractivity contribution < 1.29 is 0 Å². The lowest BCUT2D eigenvalue weighted by molar-refractivity contribution is 0.216. The molecule has 0 saturated carbocycles. The molecule has 21 heavy (non-hydrogen) atoms. The van der Waals surface area contributed by atoms with Crippen LogP contribution >= 0.6 is 12.2 Å². The molecular weight excluding hydrogens is 280 g/mol. The molecule has 0 unspecified atom stereocenters. The summed E-state index contributed by atoms with van der Waals surface area (Å²) in [6, 6.07) is 0. The van der Waals surface area contributed by atoms with Crippen molar-refractivity contribution in [1.82, 2.24) is 19.3 Å². The number of hydrogen-bond donors (Lipinski definition) is 1. The second kappa shape index (κ2) is 5.27. The first kappa shape index (κ1) is 16.3. The quantitative estimate of drug-likeness (QED) is 0.841. The maximum Gasteiger partial charge on any atom is 0.179 e. The molecule has 0 bridgehead atoms. The van der Waals surface area contributed by atoms with Gasteiger partial charge < -0.3 is 4.98 Å². The van der Waals surface area contributed by atoms with E-state index in [1.807, 2.05) is 11.7 Å². The van der Waals surface area contributed by atoms with Crippen molar-refractivity contribution in [3.8, 4) is 0 Å². The molecule has 0 aliphatic heterocycles. The Morgan fingerprint density at radius 3 is 2.33 bits per heavy atom. The molecule has 2 rings (SSSR count). The maximum atomic E-state index is 5.61. The molecule has 2 aromatic rings. The van der Waals surface area contributed by atoms with Crippen LogP contribution in [0.5, 0.6) is 0 Å². The summed E-state index contributed by atoms with van der Waals surface area (Å²) >= 11 is 5.61. The van der Waals surface area contributed by atoms with Gasteiger partial charge in [0.2, 0.25) is 0 Å². The topological polar surface area (TPSA) is 38.5 Å². The van der Waals surface area contributed by atoms with Gasteiger partial charge in [-0.2, -0.15) is 5.10 Å². The molecule has 0 radical (unpaired) electrons. The molecular formula is C16H28N4S. The zero-order valence-electron chi connectivity index (χ0n) is 14.4. The number of nitrogens with zero attached hydrogens (tertiary/aromatic N) is 3. The Morgan fingerprint density at radius 1 is 1.19 bits per heavy atom. The summed E-state index contributed by atoms with van der Waals surface area (Å²) in [6.07, 6.45) is 3.12. The van der Waals surface area contributed by atoms with E-state index >= 15 is 0 Å². The van der Waals surface area contributed by atoms with Crippen LogP contribution in [0.1, 0.15) is 60.1 Å². The lowest BCUT2D eigenvalue weighted by atomic mass is 9.81.